The summed E-state index contributed by atoms with van der Waals surface area (Å²) in [4.78, 5) is 1.18. The second-order valence-corrected chi connectivity index (χ2v) is 9.59. The first-order valence-corrected chi connectivity index (χ1v) is 13.0. The normalized spacial score (nSPS) is 13.0. The predicted molar refractivity (Wildman–Crippen MR) is 130 cm³/mol. The van der Waals surface area contributed by atoms with Gasteiger partial charge in [0.15, 0.2) is 11.5 Å². The van der Waals surface area contributed by atoms with Crippen molar-refractivity contribution in [2.75, 3.05) is 12.5 Å². The maximum atomic E-state index is 5.58. The fraction of sp³-hybridized carbons (Fsp3) is 0.462. The number of ether oxygens (including phenoxy) is 2. The highest BCUT2D eigenvalue weighted by atomic mass is 32.2. The Morgan fingerprint density at radius 1 is 0.867 bits per heavy atom. The molecule has 0 aliphatic carbocycles. The number of thioether (sulfide) groups is 2. The Labute approximate surface area is 190 Å². The predicted octanol–water partition coefficient (Wildman–Crippen LogP) is 8.08. The molecule has 0 aromatic heterocycles. The Morgan fingerprint density at radius 2 is 1.60 bits per heavy atom. The molecule has 0 amide bonds. The van der Waals surface area contributed by atoms with Gasteiger partial charge in [-0.05, 0) is 59.0 Å². The van der Waals surface area contributed by atoms with E-state index in [4.69, 9.17) is 9.47 Å². The summed E-state index contributed by atoms with van der Waals surface area (Å²) in [6, 6.07) is 16.6. The summed E-state index contributed by atoms with van der Waals surface area (Å²) < 4.78 is 11.0. The highest BCUT2D eigenvalue weighted by Gasteiger charge is 2.17. The van der Waals surface area contributed by atoms with Crippen molar-refractivity contribution >= 4 is 23.5 Å². The van der Waals surface area contributed by atoms with Crippen LogP contribution in [0.3, 0.4) is 0 Å². The summed E-state index contributed by atoms with van der Waals surface area (Å²) in [6.45, 7) is 2.58. The number of fused-ring (bicyclic) bond motifs is 1. The Kier molecular flexibility index (Phi) is 10.4. The van der Waals surface area contributed by atoms with Gasteiger partial charge in [-0.25, -0.2) is 0 Å². The van der Waals surface area contributed by atoms with Crippen molar-refractivity contribution in [3.63, 3.8) is 0 Å². The first-order chi connectivity index (χ1) is 14.9. The minimum absolute atomic E-state index is 0.153. The average molecular weight is 441 g/mol. The fourth-order valence-corrected chi connectivity index (χ4v) is 5.12. The molecule has 1 aliphatic heterocycles. The van der Waals surface area contributed by atoms with Gasteiger partial charge in [0.25, 0.3) is 0 Å². The molecular weight excluding hydrogens is 408 g/mol. The average Bonchev–Trinajstić information content (AvgIpc) is 3.25. The monoisotopic (exact) mass is 440 g/mol. The molecule has 0 bridgehead atoms. The Bertz CT molecular complexity index is 811. The van der Waals surface area contributed by atoms with Gasteiger partial charge in [0, 0.05) is 4.90 Å². The lowest BCUT2D eigenvalue weighted by Crippen LogP contribution is -1.94. The molecule has 1 heterocycles. The molecule has 0 fully saturated rings. The van der Waals surface area contributed by atoms with Crippen LogP contribution < -0.4 is 9.47 Å². The molecule has 0 N–H and O–H groups in total. The SMILES string of the molecule is CCCCCCCCCCSC(C#CSc1ccccc1)c1ccc2c(c1)OCO2. The topological polar surface area (TPSA) is 18.5 Å². The minimum atomic E-state index is 0.153. The number of hydrogen-bond acceptors (Lipinski definition) is 4. The highest BCUT2D eigenvalue weighted by molar-refractivity contribution is 8.04. The van der Waals surface area contributed by atoms with Gasteiger partial charge in [-0.3, -0.25) is 0 Å². The Morgan fingerprint density at radius 3 is 2.40 bits per heavy atom. The molecule has 0 saturated heterocycles. The van der Waals surface area contributed by atoms with Gasteiger partial charge in [-0.15, -0.1) is 11.8 Å². The van der Waals surface area contributed by atoms with Crippen LogP contribution in [0.2, 0.25) is 0 Å². The molecule has 4 heteroatoms. The molecule has 3 rings (SSSR count). The van der Waals surface area contributed by atoms with Crippen molar-refractivity contribution in [1.29, 1.82) is 0 Å². The van der Waals surface area contributed by atoms with E-state index in [1.54, 1.807) is 11.8 Å². The van der Waals surface area contributed by atoms with Crippen LogP contribution in [0.1, 0.15) is 69.1 Å². The van der Waals surface area contributed by atoms with Gasteiger partial charge in [0.05, 0.1) is 5.25 Å². The van der Waals surface area contributed by atoms with E-state index in [9.17, 15) is 0 Å². The van der Waals surface area contributed by atoms with Crippen LogP contribution in [-0.2, 0) is 0 Å². The Hall–Kier alpha value is -1.70. The lowest BCUT2D eigenvalue weighted by Gasteiger charge is -2.12. The number of benzene rings is 2. The van der Waals surface area contributed by atoms with Gasteiger partial charge < -0.3 is 9.47 Å². The van der Waals surface area contributed by atoms with Gasteiger partial charge in [0.2, 0.25) is 6.79 Å². The van der Waals surface area contributed by atoms with E-state index in [1.165, 1.54) is 61.8 Å². The van der Waals surface area contributed by atoms with Crippen molar-refractivity contribution in [2.45, 2.75) is 68.4 Å². The van der Waals surface area contributed by atoms with Crippen molar-refractivity contribution in [3.8, 4) is 22.7 Å². The van der Waals surface area contributed by atoms with Gasteiger partial charge in [0.1, 0.15) is 0 Å². The maximum Gasteiger partial charge on any atom is 0.231 e. The quantitative estimate of drug-likeness (QED) is 0.188. The van der Waals surface area contributed by atoms with E-state index < -0.39 is 0 Å². The second-order valence-electron chi connectivity index (χ2n) is 7.50. The van der Waals surface area contributed by atoms with Crippen LogP contribution in [-0.4, -0.2) is 12.5 Å². The fourth-order valence-electron chi connectivity index (χ4n) is 3.37. The van der Waals surface area contributed by atoms with E-state index in [0.29, 0.717) is 6.79 Å². The molecule has 160 valence electrons. The lowest BCUT2D eigenvalue weighted by atomic mass is 10.1. The molecule has 0 radical (unpaired) electrons. The van der Waals surface area contributed by atoms with Gasteiger partial charge in [-0.1, -0.05) is 82.1 Å². The van der Waals surface area contributed by atoms with Gasteiger partial charge in [-0.2, -0.15) is 0 Å². The van der Waals surface area contributed by atoms with E-state index in [0.717, 1.165) is 17.3 Å². The third-order valence-corrected chi connectivity index (χ3v) is 7.06. The summed E-state index contributed by atoms with van der Waals surface area (Å²) in [7, 11) is 0. The zero-order chi connectivity index (χ0) is 20.9. The van der Waals surface area contributed by atoms with Crippen LogP contribution in [0.5, 0.6) is 11.5 Å². The van der Waals surface area contributed by atoms with Crippen molar-refractivity contribution < 1.29 is 9.47 Å². The summed E-state index contributed by atoms with van der Waals surface area (Å²) >= 11 is 3.54. The zero-order valence-corrected chi connectivity index (χ0v) is 19.5. The molecule has 0 spiro atoms. The Balaban J connectivity index is 1.51. The second kappa shape index (κ2) is 13.6. The summed E-state index contributed by atoms with van der Waals surface area (Å²) in [5.41, 5.74) is 1.20. The highest BCUT2D eigenvalue weighted by Crippen LogP contribution is 2.38. The van der Waals surface area contributed by atoms with Crippen LogP contribution >= 0.6 is 23.5 Å². The lowest BCUT2D eigenvalue weighted by molar-refractivity contribution is 0.174. The summed E-state index contributed by atoms with van der Waals surface area (Å²) in [5.74, 6) is 6.28. The molecule has 2 aromatic carbocycles. The van der Waals surface area contributed by atoms with Crippen LogP contribution in [0.15, 0.2) is 53.4 Å². The first-order valence-electron chi connectivity index (χ1n) is 11.1. The number of unbranched alkanes of at least 4 members (excludes halogenated alkanes) is 7. The standard InChI is InChI=1S/C26H32O2S2/c1-2-3-4-5-6-7-8-12-18-30-26(17-19-29-23-13-10-9-11-14-23)22-15-16-24-25(20-22)28-21-27-24/h9-11,13-16,20,26H,2-8,12,18,21H2,1H3. The van der Waals surface area contributed by atoms with E-state index in [1.807, 2.05) is 23.9 Å². The summed E-state index contributed by atoms with van der Waals surface area (Å²) in [5, 5.41) is 3.48. The van der Waals surface area contributed by atoms with E-state index in [2.05, 4.69) is 54.5 Å². The van der Waals surface area contributed by atoms with Crippen LogP contribution in [0.4, 0.5) is 0 Å². The number of hydrogen-bond donors (Lipinski definition) is 0. The molecule has 2 aromatic rings. The molecule has 30 heavy (non-hydrogen) atoms. The third-order valence-electron chi connectivity index (χ3n) is 5.08. The number of rotatable bonds is 12. The maximum absolute atomic E-state index is 5.58. The smallest absolute Gasteiger partial charge is 0.231 e. The van der Waals surface area contributed by atoms with Crippen LogP contribution in [0, 0.1) is 11.2 Å². The van der Waals surface area contributed by atoms with Crippen molar-refractivity contribution in [1.82, 2.24) is 0 Å². The van der Waals surface area contributed by atoms with Crippen LogP contribution in [0.25, 0.3) is 0 Å². The van der Waals surface area contributed by atoms with Crippen molar-refractivity contribution in [3.05, 3.63) is 54.1 Å². The first kappa shape index (κ1) is 23.0. The summed E-state index contributed by atoms with van der Waals surface area (Å²) in [6.07, 6.45) is 10.8. The van der Waals surface area contributed by atoms with Gasteiger partial charge >= 0.3 is 0 Å². The third kappa shape index (κ3) is 7.85. The largest absolute Gasteiger partial charge is 0.454 e. The van der Waals surface area contributed by atoms with E-state index >= 15 is 0 Å². The molecule has 2 nitrogen and oxygen atoms in total. The van der Waals surface area contributed by atoms with E-state index in [-0.39, 0.29) is 5.25 Å². The molecule has 1 atom stereocenters. The zero-order valence-electron chi connectivity index (χ0n) is 17.9. The molecule has 1 unspecified atom stereocenters. The van der Waals surface area contributed by atoms with Crippen molar-refractivity contribution in [2.24, 2.45) is 0 Å². The molecule has 1 aliphatic rings. The molecular formula is C26H32O2S2. The minimum Gasteiger partial charge on any atom is -0.454 e. The molecule has 0 saturated carbocycles.